The van der Waals surface area contributed by atoms with E-state index in [1.54, 1.807) is 22.9 Å². The van der Waals surface area contributed by atoms with Crippen LogP contribution in [0, 0.1) is 6.92 Å². The van der Waals surface area contributed by atoms with Gasteiger partial charge in [-0.1, -0.05) is 42.5 Å². The van der Waals surface area contributed by atoms with Crippen molar-refractivity contribution < 1.29 is 13.2 Å². The first kappa shape index (κ1) is 19.7. The van der Waals surface area contributed by atoms with Gasteiger partial charge in [-0.2, -0.15) is 13.2 Å². The summed E-state index contributed by atoms with van der Waals surface area (Å²) in [6.07, 6.45) is -5.05. The minimum Gasteiger partial charge on any atom is -0.343 e. The van der Waals surface area contributed by atoms with E-state index in [1.165, 1.54) is 0 Å². The molecule has 1 N–H and O–H groups in total. The second-order valence-corrected chi connectivity index (χ2v) is 6.88. The first-order valence-electron chi connectivity index (χ1n) is 8.97. The summed E-state index contributed by atoms with van der Waals surface area (Å²) in [7, 11) is 0. The Balaban J connectivity index is 2.01. The van der Waals surface area contributed by atoms with E-state index in [2.05, 4.69) is 17.0 Å². The predicted molar refractivity (Wildman–Crippen MR) is 107 cm³/mol. The van der Waals surface area contributed by atoms with Crippen molar-refractivity contribution in [2.45, 2.75) is 32.9 Å². The molecule has 0 aliphatic heterocycles. The number of anilines is 1. The lowest BCUT2D eigenvalue weighted by molar-refractivity contribution is -0.133. The van der Waals surface area contributed by atoms with Gasteiger partial charge in [0.2, 0.25) is 0 Å². The zero-order chi connectivity index (χ0) is 20.3. The summed E-state index contributed by atoms with van der Waals surface area (Å²) in [5.41, 5.74) is 4.99. The minimum absolute atomic E-state index is 0.0487. The number of benzene rings is 2. The molecule has 0 radical (unpaired) electrons. The summed E-state index contributed by atoms with van der Waals surface area (Å²) in [4.78, 5) is 0. The van der Waals surface area contributed by atoms with Crippen molar-refractivity contribution in [1.29, 1.82) is 0 Å². The highest BCUT2D eigenvalue weighted by atomic mass is 19.4. The van der Waals surface area contributed by atoms with Gasteiger partial charge in [0, 0.05) is 23.7 Å². The maximum atomic E-state index is 12.6. The van der Waals surface area contributed by atoms with Crippen LogP contribution in [0.1, 0.15) is 24.5 Å². The zero-order valence-corrected chi connectivity index (χ0v) is 15.8. The Morgan fingerprint density at radius 1 is 1.11 bits per heavy atom. The number of allylic oxidation sites excluding steroid dienone is 1. The molecule has 3 rings (SSSR count). The number of aryl methyl sites for hydroxylation is 2. The maximum Gasteiger partial charge on any atom is 0.389 e. The van der Waals surface area contributed by atoms with Crippen molar-refractivity contribution in [1.82, 2.24) is 9.78 Å². The van der Waals surface area contributed by atoms with E-state index >= 15 is 0 Å². The fraction of sp³-hybridized carbons (Fsp3) is 0.227. The van der Waals surface area contributed by atoms with E-state index < -0.39 is 12.6 Å². The van der Waals surface area contributed by atoms with Crippen molar-refractivity contribution in [2.75, 3.05) is 5.32 Å². The Labute approximate surface area is 162 Å². The van der Waals surface area contributed by atoms with Crippen LogP contribution in [-0.4, -0.2) is 16.0 Å². The first-order chi connectivity index (χ1) is 13.2. The number of nitrogens with zero attached hydrogens (tertiary/aromatic N) is 2. The molecule has 28 heavy (non-hydrogen) atoms. The van der Waals surface area contributed by atoms with Crippen LogP contribution in [0.25, 0.3) is 16.9 Å². The average molecular weight is 385 g/mol. The SMILES string of the molecule is C=C(C)Nc1cc(-c2cccc(CCC(F)(F)F)c2)n(-c2ccc(C)cc2)n1. The molecule has 0 aliphatic carbocycles. The quantitative estimate of drug-likeness (QED) is 0.540. The summed E-state index contributed by atoms with van der Waals surface area (Å²) in [6, 6.07) is 16.9. The van der Waals surface area contributed by atoms with Crippen molar-refractivity contribution in [3.8, 4) is 16.9 Å². The monoisotopic (exact) mass is 385 g/mol. The first-order valence-corrected chi connectivity index (χ1v) is 8.97. The Bertz CT molecular complexity index is 969. The molecular formula is C22H22F3N3. The topological polar surface area (TPSA) is 29.9 Å². The molecule has 0 atom stereocenters. The summed E-state index contributed by atoms with van der Waals surface area (Å²) < 4.78 is 39.5. The van der Waals surface area contributed by atoms with Gasteiger partial charge in [-0.25, -0.2) is 4.68 Å². The number of aromatic nitrogens is 2. The molecule has 2 aromatic carbocycles. The maximum absolute atomic E-state index is 12.6. The van der Waals surface area contributed by atoms with Gasteiger partial charge in [-0.3, -0.25) is 0 Å². The number of nitrogens with one attached hydrogen (secondary N) is 1. The number of hydrogen-bond donors (Lipinski definition) is 1. The van der Waals surface area contributed by atoms with Gasteiger partial charge in [0.25, 0.3) is 0 Å². The van der Waals surface area contributed by atoms with Crippen LogP contribution in [-0.2, 0) is 6.42 Å². The highest BCUT2D eigenvalue weighted by Gasteiger charge is 2.26. The summed E-state index contributed by atoms with van der Waals surface area (Å²) in [5, 5.41) is 7.71. The number of rotatable bonds is 6. The second-order valence-electron chi connectivity index (χ2n) is 6.88. The Kier molecular flexibility index (Phi) is 5.58. The molecular weight excluding hydrogens is 363 g/mol. The summed E-state index contributed by atoms with van der Waals surface area (Å²) in [5.74, 6) is 0.628. The smallest absolute Gasteiger partial charge is 0.343 e. The van der Waals surface area contributed by atoms with E-state index in [-0.39, 0.29) is 6.42 Å². The average Bonchev–Trinajstić information content (AvgIpc) is 3.03. The van der Waals surface area contributed by atoms with Crippen molar-refractivity contribution in [2.24, 2.45) is 0 Å². The zero-order valence-electron chi connectivity index (χ0n) is 15.8. The molecule has 0 fully saturated rings. The van der Waals surface area contributed by atoms with Crippen LogP contribution >= 0.6 is 0 Å². The fourth-order valence-corrected chi connectivity index (χ4v) is 2.92. The van der Waals surface area contributed by atoms with Crippen LogP contribution in [0.5, 0.6) is 0 Å². The molecule has 0 bridgehead atoms. The lowest BCUT2D eigenvalue weighted by Crippen LogP contribution is -2.08. The van der Waals surface area contributed by atoms with E-state index in [0.29, 0.717) is 11.4 Å². The van der Waals surface area contributed by atoms with E-state index in [4.69, 9.17) is 0 Å². The largest absolute Gasteiger partial charge is 0.389 e. The molecule has 6 heteroatoms. The summed E-state index contributed by atoms with van der Waals surface area (Å²) in [6.45, 7) is 7.68. The number of hydrogen-bond acceptors (Lipinski definition) is 2. The van der Waals surface area contributed by atoms with Gasteiger partial charge in [0.1, 0.15) is 0 Å². The lowest BCUT2D eigenvalue weighted by atomic mass is 10.0. The standard InChI is InChI=1S/C22H22F3N3/c1-15(2)26-21-14-20(28(27-21)19-9-7-16(3)8-10-19)18-6-4-5-17(13-18)11-12-22(23,24)25/h4-10,13-14H,1,11-12H2,2-3H3,(H,26,27). The highest BCUT2D eigenvalue weighted by Crippen LogP contribution is 2.29. The van der Waals surface area contributed by atoms with Crippen LogP contribution in [0.3, 0.4) is 0 Å². The lowest BCUT2D eigenvalue weighted by Gasteiger charge is -2.10. The Morgan fingerprint density at radius 3 is 2.46 bits per heavy atom. The minimum atomic E-state index is -4.17. The third-order valence-corrected chi connectivity index (χ3v) is 4.25. The van der Waals surface area contributed by atoms with Gasteiger partial charge >= 0.3 is 6.18 Å². The van der Waals surface area contributed by atoms with Crippen LogP contribution < -0.4 is 5.32 Å². The highest BCUT2D eigenvalue weighted by molar-refractivity contribution is 5.67. The van der Waals surface area contributed by atoms with Gasteiger partial charge in [-0.15, -0.1) is 5.10 Å². The van der Waals surface area contributed by atoms with Gasteiger partial charge in [0.15, 0.2) is 5.82 Å². The van der Waals surface area contributed by atoms with Gasteiger partial charge < -0.3 is 5.32 Å². The molecule has 0 aliphatic rings. The van der Waals surface area contributed by atoms with Crippen LogP contribution in [0.15, 0.2) is 66.9 Å². The summed E-state index contributed by atoms with van der Waals surface area (Å²) >= 11 is 0. The Morgan fingerprint density at radius 2 is 1.82 bits per heavy atom. The molecule has 3 nitrogen and oxygen atoms in total. The molecule has 0 spiro atoms. The van der Waals surface area contributed by atoms with Crippen molar-refractivity contribution >= 4 is 5.82 Å². The van der Waals surface area contributed by atoms with Crippen LogP contribution in [0.2, 0.25) is 0 Å². The molecule has 0 saturated carbocycles. The van der Waals surface area contributed by atoms with E-state index in [1.807, 2.05) is 50.2 Å². The second kappa shape index (κ2) is 7.92. The Hall–Kier alpha value is -3.02. The third-order valence-electron chi connectivity index (χ3n) is 4.25. The van der Waals surface area contributed by atoms with Crippen molar-refractivity contribution in [3.05, 3.63) is 78.0 Å². The molecule has 1 aromatic heterocycles. The normalized spacial score (nSPS) is 11.5. The molecule has 3 aromatic rings. The number of alkyl halides is 3. The van der Waals surface area contributed by atoms with E-state index in [9.17, 15) is 13.2 Å². The van der Waals surface area contributed by atoms with Gasteiger partial charge in [0.05, 0.1) is 11.4 Å². The predicted octanol–water partition coefficient (Wildman–Crippen LogP) is 6.29. The molecule has 0 saturated heterocycles. The molecule has 0 unspecified atom stereocenters. The van der Waals surface area contributed by atoms with Gasteiger partial charge in [-0.05, 0) is 44.0 Å². The molecule has 146 valence electrons. The molecule has 1 heterocycles. The fourth-order valence-electron chi connectivity index (χ4n) is 2.92. The molecule has 0 amide bonds. The van der Waals surface area contributed by atoms with E-state index in [0.717, 1.165) is 28.2 Å². The van der Waals surface area contributed by atoms with Crippen molar-refractivity contribution in [3.63, 3.8) is 0 Å². The third kappa shape index (κ3) is 5.03. The number of halogens is 3. The van der Waals surface area contributed by atoms with Crippen LogP contribution in [0.4, 0.5) is 19.0 Å².